The van der Waals surface area contributed by atoms with Gasteiger partial charge in [-0.1, -0.05) is 41.1 Å². The van der Waals surface area contributed by atoms with Crippen molar-refractivity contribution in [2.45, 2.75) is 0 Å². The van der Waals surface area contributed by atoms with Crippen LogP contribution in [-0.2, 0) is 0 Å². The van der Waals surface area contributed by atoms with E-state index in [4.69, 9.17) is 9.40 Å². The fourth-order valence-electron chi connectivity index (χ4n) is 3.69. The molecule has 118 valence electrons. The first-order valence-electron chi connectivity index (χ1n) is 8.02. The summed E-state index contributed by atoms with van der Waals surface area (Å²) < 4.78 is 21.9. The first kappa shape index (κ1) is 15.5. The summed E-state index contributed by atoms with van der Waals surface area (Å²) in [6.07, 6.45) is 0. The number of aromatic nitrogens is 2. The Kier molecular flexibility index (Phi) is 3.18. The Morgan fingerprint density at radius 1 is 0.962 bits per heavy atom. The van der Waals surface area contributed by atoms with Crippen molar-refractivity contribution >= 4 is 49.5 Å². The topological polar surface area (TPSA) is 30.4 Å². The van der Waals surface area contributed by atoms with Crippen molar-refractivity contribution in [3.8, 4) is 0 Å². The molecular formula is C21H10FLiN2O. The number of hydrogen-bond donors (Lipinski definition) is 0. The third-order valence-electron chi connectivity index (χ3n) is 4.75. The average molecular weight is 332 g/mol. The van der Waals surface area contributed by atoms with Gasteiger partial charge in [-0.25, -0.2) is 0 Å². The van der Waals surface area contributed by atoms with Gasteiger partial charge in [0.1, 0.15) is 11.1 Å². The van der Waals surface area contributed by atoms with Gasteiger partial charge in [0.05, 0.1) is 5.65 Å². The van der Waals surface area contributed by atoms with Gasteiger partial charge in [0.15, 0.2) is 0 Å². The molecule has 0 unspecified atom stereocenters. The van der Waals surface area contributed by atoms with Gasteiger partial charge in [-0.2, -0.15) is 0 Å². The van der Waals surface area contributed by atoms with Gasteiger partial charge >= 0.3 is 18.9 Å². The zero-order chi connectivity index (χ0) is 16.5. The Labute approximate surface area is 159 Å². The van der Waals surface area contributed by atoms with Crippen molar-refractivity contribution in [1.82, 2.24) is 9.38 Å². The molecule has 0 N–H and O–H groups in total. The van der Waals surface area contributed by atoms with E-state index in [0.717, 1.165) is 43.8 Å². The van der Waals surface area contributed by atoms with E-state index in [2.05, 4.69) is 6.07 Å². The fraction of sp³-hybridized carbons (Fsp3) is 0. The largest absolute Gasteiger partial charge is 1.00 e. The maximum Gasteiger partial charge on any atom is 1.00 e. The van der Waals surface area contributed by atoms with Gasteiger partial charge in [-0.05, 0) is 23.6 Å². The summed E-state index contributed by atoms with van der Waals surface area (Å²) in [6.45, 7) is 0. The Hall–Kier alpha value is -2.80. The first-order chi connectivity index (χ1) is 12.3. The van der Waals surface area contributed by atoms with Gasteiger partial charge in [-0.15, -0.1) is 18.2 Å². The summed E-state index contributed by atoms with van der Waals surface area (Å²) in [7, 11) is 0. The van der Waals surface area contributed by atoms with Crippen molar-refractivity contribution in [2.24, 2.45) is 0 Å². The quantitative estimate of drug-likeness (QED) is 0.243. The third kappa shape index (κ3) is 1.86. The molecule has 0 radical (unpaired) electrons. The number of rotatable bonds is 0. The van der Waals surface area contributed by atoms with E-state index in [-0.39, 0.29) is 24.7 Å². The molecule has 0 spiro atoms. The molecular weight excluding hydrogens is 322 g/mol. The molecule has 3 nitrogen and oxygen atoms in total. The van der Waals surface area contributed by atoms with Crippen LogP contribution in [0.5, 0.6) is 0 Å². The molecule has 0 bridgehead atoms. The number of nitrogens with zero attached hydrogens (tertiary/aromatic N) is 2. The molecule has 6 aromatic rings. The monoisotopic (exact) mass is 332 g/mol. The maximum atomic E-state index is 13.8. The predicted molar refractivity (Wildman–Crippen MR) is 96.3 cm³/mol. The van der Waals surface area contributed by atoms with Gasteiger partial charge in [0, 0.05) is 16.7 Å². The van der Waals surface area contributed by atoms with Crippen LogP contribution in [0.2, 0.25) is 0 Å². The molecule has 3 aromatic carbocycles. The minimum atomic E-state index is -0.303. The second-order valence-corrected chi connectivity index (χ2v) is 6.15. The van der Waals surface area contributed by atoms with Gasteiger partial charge < -0.3 is 8.82 Å². The van der Waals surface area contributed by atoms with Crippen molar-refractivity contribution in [3.05, 3.63) is 72.5 Å². The molecule has 0 fully saturated rings. The number of pyridine rings is 1. The van der Waals surface area contributed by atoms with E-state index in [1.54, 1.807) is 6.07 Å². The molecule has 0 aliphatic rings. The number of furan rings is 1. The minimum Gasteiger partial charge on any atom is -0.438 e. The second-order valence-electron chi connectivity index (χ2n) is 6.15. The van der Waals surface area contributed by atoms with Crippen LogP contribution in [0, 0.1) is 11.9 Å². The van der Waals surface area contributed by atoms with Crippen LogP contribution < -0.4 is 18.9 Å². The van der Waals surface area contributed by atoms with Crippen molar-refractivity contribution in [3.63, 3.8) is 0 Å². The zero-order valence-electron chi connectivity index (χ0n) is 14.0. The standard InChI is InChI=1S/C21H10FN2O.Li/c22-12-9-10-14-16(11-12)13-5-1-3-7-17(13)24-20(14)23-19-15-6-2-4-8-18(15)25-21(19)24;/h1-9,11H;/q-1;+1. The number of hydrogen-bond acceptors (Lipinski definition) is 2. The summed E-state index contributed by atoms with van der Waals surface area (Å²) in [6, 6.07) is 21.7. The number of imidazole rings is 1. The molecule has 0 aliphatic carbocycles. The predicted octanol–water partition coefficient (Wildman–Crippen LogP) is 2.48. The Morgan fingerprint density at radius 3 is 2.62 bits per heavy atom. The Morgan fingerprint density at radius 2 is 1.73 bits per heavy atom. The summed E-state index contributed by atoms with van der Waals surface area (Å²) in [4.78, 5) is 4.83. The maximum absolute atomic E-state index is 13.8. The van der Waals surface area contributed by atoms with Crippen LogP contribution in [0.1, 0.15) is 0 Å². The zero-order valence-corrected chi connectivity index (χ0v) is 14.0. The molecule has 0 saturated carbocycles. The fourth-order valence-corrected chi connectivity index (χ4v) is 3.69. The van der Waals surface area contributed by atoms with E-state index in [1.165, 1.54) is 6.07 Å². The minimum absolute atomic E-state index is 0. The van der Waals surface area contributed by atoms with E-state index in [1.807, 2.05) is 52.9 Å². The second kappa shape index (κ2) is 5.35. The normalized spacial score (nSPS) is 11.7. The molecule has 26 heavy (non-hydrogen) atoms. The molecule has 0 aliphatic heterocycles. The summed E-state index contributed by atoms with van der Waals surface area (Å²) >= 11 is 0. The number of fused-ring (bicyclic) bond motifs is 10. The molecule has 5 heteroatoms. The van der Waals surface area contributed by atoms with E-state index >= 15 is 0 Å². The molecule has 3 aromatic heterocycles. The van der Waals surface area contributed by atoms with Gasteiger partial charge in [0.2, 0.25) is 5.71 Å². The number of benzene rings is 3. The molecule has 3 heterocycles. The number of halogens is 1. The van der Waals surface area contributed by atoms with E-state index in [0.29, 0.717) is 5.71 Å². The SMILES string of the molecule is Fc1c[c-]c2c(c1)c1ccccc1n1c2nc2c3ccccc3oc21.[Li+]. The molecule has 0 saturated heterocycles. The number of para-hydroxylation sites is 2. The Balaban J connectivity index is 0.00000150. The van der Waals surface area contributed by atoms with Crippen LogP contribution in [-0.4, -0.2) is 9.38 Å². The van der Waals surface area contributed by atoms with Crippen LogP contribution in [0.4, 0.5) is 4.39 Å². The van der Waals surface area contributed by atoms with Crippen molar-refractivity contribution in [2.75, 3.05) is 0 Å². The van der Waals surface area contributed by atoms with Gasteiger partial charge in [0.25, 0.3) is 0 Å². The molecule has 6 rings (SSSR count). The van der Waals surface area contributed by atoms with Crippen LogP contribution in [0.3, 0.4) is 0 Å². The van der Waals surface area contributed by atoms with E-state index < -0.39 is 0 Å². The smallest absolute Gasteiger partial charge is 0.438 e. The van der Waals surface area contributed by atoms with Crippen LogP contribution in [0.15, 0.2) is 65.1 Å². The van der Waals surface area contributed by atoms with Crippen LogP contribution >= 0.6 is 0 Å². The summed E-state index contributed by atoms with van der Waals surface area (Å²) in [5, 5.41) is 3.51. The molecule has 0 atom stereocenters. The van der Waals surface area contributed by atoms with E-state index in [9.17, 15) is 4.39 Å². The average Bonchev–Trinajstić information content (AvgIpc) is 3.18. The van der Waals surface area contributed by atoms with Gasteiger partial charge in [-0.3, -0.25) is 9.37 Å². The van der Waals surface area contributed by atoms with Crippen molar-refractivity contribution < 1.29 is 27.7 Å². The summed E-state index contributed by atoms with van der Waals surface area (Å²) in [5.41, 5.74) is 3.98. The Bertz CT molecular complexity index is 1470. The van der Waals surface area contributed by atoms with Crippen molar-refractivity contribution in [1.29, 1.82) is 0 Å². The summed E-state index contributed by atoms with van der Waals surface area (Å²) in [5.74, 6) is -0.303. The third-order valence-corrected chi connectivity index (χ3v) is 4.75. The van der Waals surface area contributed by atoms with Crippen LogP contribution in [0.25, 0.3) is 49.5 Å². The first-order valence-corrected chi connectivity index (χ1v) is 8.02. The molecule has 0 amide bonds.